The first-order valence-electron chi connectivity index (χ1n) is 9.24. The van der Waals surface area contributed by atoms with Gasteiger partial charge in [0.05, 0.1) is 12.0 Å². The molecule has 4 rings (SSSR count). The molecule has 1 amide bonds. The van der Waals surface area contributed by atoms with Crippen LogP contribution in [0.25, 0.3) is 21.9 Å². The van der Waals surface area contributed by atoms with E-state index in [2.05, 4.69) is 11.4 Å². The highest BCUT2D eigenvalue weighted by molar-refractivity contribution is 5.97. The summed E-state index contributed by atoms with van der Waals surface area (Å²) in [5, 5.41) is 4.80. The van der Waals surface area contributed by atoms with Gasteiger partial charge < -0.3 is 14.2 Å². The molecule has 0 aliphatic heterocycles. The van der Waals surface area contributed by atoms with E-state index >= 15 is 0 Å². The Kier molecular flexibility index (Phi) is 4.10. The maximum absolute atomic E-state index is 12.4. The molecule has 5 nitrogen and oxygen atoms in total. The lowest BCUT2D eigenvalue weighted by Crippen LogP contribution is -2.33. The van der Waals surface area contributed by atoms with Gasteiger partial charge in [0.15, 0.2) is 0 Å². The molecule has 2 heterocycles. The Bertz CT molecular complexity index is 1070. The van der Waals surface area contributed by atoms with E-state index in [0.29, 0.717) is 11.1 Å². The number of amides is 1. The first-order chi connectivity index (χ1) is 12.4. The predicted octanol–water partition coefficient (Wildman–Crippen LogP) is 3.79. The maximum Gasteiger partial charge on any atom is 0.340 e. The second kappa shape index (κ2) is 6.31. The number of hydrogen-bond donors (Lipinski definition) is 1. The van der Waals surface area contributed by atoms with Gasteiger partial charge in [0.1, 0.15) is 16.9 Å². The van der Waals surface area contributed by atoms with E-state index in [1.54, 1.807) is 0 Å². The first-order valence-corrected chi connectivity index (χ1v) is 9.24. The van der Waals surface area contributed by atoms with Gasteiger partial charge >= 0.3 is 5.63 Å². The van der Waals surface area contributed by atoms with Crippen LogP contribution in [0.5, 0.6) is 0 Å². The minimum absolute atomic E-state index is 0.0316. The number of hydrogen-bond acceptors (Lipinski definition) is 4. The summed E-state index contributed by atoms with van der Waals surface area (Å²) >= 11 is 0. The SMILES string of the molecule is Cc1c(CC(=O)NC(C)C)c(=O)oc2cc3oc4c(c3cc12)CCCC4. The van der Waals surface area contributed by atoms with Crippen molar-refractivity contribution in [3.63, 3.8) is 0 Å². The minimum atomic E-state index is -0.454. The normalized spacial score (nSPS) is 14.2. The average molecular weight is 353 g/mol. The monoisotopic (exact) mass is 353 g/mol. The van der Waals surface area contributed by atoms with Gasteiger partial charge in [-0.15, -0.1) is 0 Å². The molecule has 2 aromatic heterocycles. The van der Waals surface area contributed by atoms with E-state index in [9.17, 15) is 9.59 Å². The van der Waals surface area contributed by atoms with Gasteiger partial charge in [-0.25, -0.2) is 4.79 Å². The van der Waals surface area contributed by atoms with Crippen molar-refractivity contribution in [1.29, 1.82) is 0 Å². The summed E-state index contributed by atoms with van der Waals surface area (Å²) in [6.07, 6.45) is 4.33. The fourth-order valence-electron chi connectivity index (χ4n) is 3.88. The van der Waals surface area contributed by atoms with Crippen LogP contribution < -0.4 is 10.9 Å². The van der Waals surface area contributed by atoms with Crippen LogP contribution in [0, 0.1) is 6.92 Å². The lowest BCUT2D eigenvalue weighted by molar-refractivity contribution is -0.120. The lowest BCUT2D eigenvalue weighted by atomic mass is 9.94. The highest BCUT2D eigenvalue weighted by Crippen LogP contribution is 2.35. The lowest BCUT2D eigenvalue weighted by Gasteiger charge is -2.11. The molecule has 136 valence electrons. The number of aryl methyl sites for hydroxylation is 3. The third-order valence-corrected chi connectivity index (χ3v) is 5.15. The molecule has 1 aliphatic rings. The van der Waals surface area contributed by atoms with Gasteiger partial charge in [-0.2, -0.15) is 0 Å². The molecule has 0 spiro atoms. The molecule has 0 unspecified atom stereocenters. The van der Waals surface area contributed by atoms with Gasteiger partial charge in [0, 0.05) is 34.9 Å². The van der Waals surface area contributed by atoms with Crippen molar-refractivity contribution in [2.45, 2.75) is 58.9 Å². The van der Waals surface area contributed by atoms with Gasteiger partial charge in [-0.3, -0.25) is 4.79 Å². The number of benzene rings is 1. The standard InChI is InChI=1S/C21H23NO4/c1-11(2)22-20(23)9-15-12(3)14-8-16-13-6-4-5-7-17(13)25-19(16)10-18(14)26-21(15)24/h8,10-11H,4-7,9H2,1-3H3,(H,22,23). The number of nitrogens with one attached hydrogen (secondary N) is 1. The third-order valence-electron chi connectivity index (χ3n) is 5.15. The predicted molar refractivity (Wildman–Crippen MR) is 101 cm³/mol. The van der Waals surface area contributed by atoms with Crippen LogP contribution in [-0.2, 0) is 24.1 Å². The summed E-state index contributed by atoms with van der Waals surface area (Å²) in [4.78, 5) is 24.5. The Balaban J connectivity index is 1.86. The third kappa shape index (κ3) is 2.81. The molecule has 5 heteroatoms. The maximum atomic E-state index is 12.4. The first kappa shape index (κ1) is 16.9. The Morgan fingerprint density at radius 3 is 2.62 bits per heavy atom. The van der Waals surface area contributed by atoms with E-state index in [4.69, 9.17) is 8.83 Å². The largest absolute Gasteiger partial charge is 0.461 e. The average Bonchev–Trinajstić information content (AvgIpc) is 2.94. The van der Waals surface area contributed by atoms with Crippen molar-refractivity contribution in [3.05, 3.63) is 45.0 Å². The molecular weight excluding hydrogens is 330 g/mol. The molecule has 1 N–H and O–H groups in total. The number of furan rings is 1. The molecule has 1 aromatic carbocycles. The molecule has 26 heavy (non-hydrogen) atoms. The summed E-state index contributed by atoms with van der Waals surface area (Å²) in [6, 6.07) is 3.91. The number of fused-ring (bicyclic) bond motifs is 4. The van der Waals surface area contributed by atoms with E-state index in [-0.39, 0.29) is 18.4 Å². The van der Waals surface area contributed by atoms with Gasteiger partial charge in [0.2, 0.25) is 5.91 Å². The summed E-state index contributed by atoms with van der Waals surface area (Å²) in [5.74, 6) is 0.884. The zero-order chi connectivity index (χ0) is 18.4. The van der Waals surface area contributed by atoms with Crippen molar-refractivity contribution in [2.75, 3.05) is 0 Å². The quantitative estimate of drug-likeness (QED) is 0.727. The fraction of sp³-hybridized carbons (Fsp3) is 0.429. The molecule has 3 aromatic rings. The molecule has 0 radical (unpaired) electrons. The topological polar surface area (TPSA) is 72.5 Å². The van der Waals surface area contributed by atoms with Crippen LogP contribution in [0.4, 0.5) is 0 Å². The summed E-state index contributed by atoms with van der Waals surface area (Å²) in [6.45, 7) is 5.68. The number of rotatable bonds is 3. The fourth-order valence-corrected chi connectivity index (χ4v) is 3.88. The minimum Gasteiger partial charge on any atom is -0.461 e. The van der Waals surface area contributed by atoms with Crippen molar-refractivity contribution in [1.82, 2.24) is 5.32 Å². The van der Waals surface area contributed by atoms with E-state index in [1.165, 1.54) is 12.0 Å². The van der Waals surface area contributed by atoms with E-state index in [0.717, 1.165) is 46.9 Å². The molecular formula is C21H23NO4. The summed E-state index contributed by atoms with van der Waals surface area (Å²) in [5.41, 5.74) is 3.34. The van der Waals surface area contributed by atoms with Crippen molar-refractivity contribution in [3.8, 4) is 0 Å². The van der Waals surface area contributed by atoms with Crippen LogP contribution in [0.2, 0.25) is 0 Å². The smallest absolute Gasteiger partial charge is 0.340 e. The second-order valence-electron chi connectivity index (χ2n) is 7.45. The Hall–Kier alpha value is -2.56. The molecule has 0 bridgehead atoms. The van der Waals surface area contributed by atoms with E-state index in [1.807, 2.05) is 26.8 Å². The van der Waals surface area contributed by atoms with Crippen LogP contribution in [-0.4, -0.2) is 11.9 Å². The molecule has 0 atom stereocenters. The Morgan fingerprint density at radius 2 is 1.85 bits per heavy atom. The zero-order valence-electron chi connectivity index (χ0n) is 15.4. The highest BCUT2D eigenvalue weighted by Gasteiger charge is 2.21. The summed E-state index contributed by atoms with van der Waals surface area (Å²) in [7, 11) is 0. The number of carbonyl (C=O) groups is 1. The molecule has 0 saturated carbocycles. The van der Waals surface area contributed by atoms with Gasteiger partial charge in [-0.05, 0) is 51.7 Å². The second-order valence-corrected chi connectivity index (χ2v) is 7.45. The van der Waals surface area contributed by atoms with Crippen molar-refractivity contribution in [2.24, 2.45) is 0 Å². The van der Waals surface area contributed by atoms with Crippen molar-refractivity contribution < 1.29 is 13.6 Å². The zero-order valence-corrected chi connectivity index (χ0v) is 15.4. The number of carbonyl (C=O) groups excluding carboxylic acids is 1. The van der Waals surface area contributed by atoms with Crippen LogP contribution in [0.1, 0.15) is 49.1 Å². The molecule has 0 fully saturated rings. The summed E-state index contributed by atoms with van der Waals surface area (Å²) < 4.78 is 11.5. The van der Waals surface area contributed by atoms with Crippen LogP contribution in [0.3, 0.4) is 0 Å². The van der Waals surface area contributed by atoms with Crippen molar-refractivity contribution >= 4 is 27.8 Å². The molecule has 1 aliphatic carbocycles. The Morgan fingerprint density at radius 1 is 1.12 bits per heavy atom. The van der Waals surface area contributed by atoms with Gasteiger partial charge in [0.25, 0.3) is 0 Å². The van der Waals surface area contributed by atoms with Gasteiger partial charge in [-0.1, -0.05) is 0 Å². The Labute approximate surface area is 151 Å². The van der Waals surface area contributed by atoms with Crippen LogP contribution in [0.15, 0.2) is 25.8 Å². The molecule has 0 saturated heterocycles. The van der Waals surface area contributed by atoms with Crippen LogP contribution >= 0.6 is 0 Å². The van der Waals surface area contributed by atoms with E-state index < -0.39 is 5.63 Å². The highest BCUT2D eigenvalue weighted by atomic mass is 16.4.